The smallest absolute Gasteiger partial charge is 0.237 e. The molecule has 0 fully saturated rings. The summed E-state index contributed by atoms with van der Waals surface area (Å²) < 4.78 is 0. The average Bonchev–Trinajstić information content (AvgIpc) is 2.56. The van der Waals surface area contributed by atoms with Crippen LogP contribution in [0.5, 0.6) is 0 Å². The molecule has 0 spiro atoms. The molecule has 0 aliphatic rings. The largest absolute Gasteiger partial charge is 0.354 e. The summed E-state index contributed by atoms with van der Waals surface area (Å²) in [6, 6.07) is 17.9. The van der Waals surface area contributed by atoms with Crippen LogP contribution in [0.4, 0.5) is 0 Å². The van der Waals surface area contributed by atoms with Crippen molar-refractivity contribution >= 4 is 18.3 Å². The van der Waals surface area contributed by atoms with Crippen LogP contribution in [0.25, 0.3) is 0 Å². The van der Waals surface area contributed by atoms with Crippen LogP contribution < -0.4 is 11.1 Å². The van der Waals surface area contributed by atoms with Crippen LogP contribution >= 0.6 is 12.4 Å². The summed E-state index contributed by atoms with van der Waals surface area (Å²) in [6.07, 6.45) is 2.44. The van der Waals surface area contributed by atoms with Crippen LogP contribution in [0.3, 0.4) is 0 Å². The summed E-state index contributed by atoms with van der Waals surface area (Å²) in [5.74, 6) is -0.0889. The number of aryl methyl sites for hydroxylation is 1. The fourth-order valence-corrected chi connectivity index (χ4v) is 2.36. The highest BCUT2D eigenvalue weighted by Gasteiger charge is 2.13. The standard InChI is InChI=1S/C19H24N2O.ClH/c1-2-15-8-10-16(11-9-15)12-13-21-19(22)18(20)14-17-6-4-3-5-7-17;/h3-11,18H,2,12-14,20H2,1H3,(H,21,22);1H/t18-;/m0./s1. The number of nitrogens with one attached hydrogen (secondary N) is 1. The number of benzene rings is 2. The van der Waals surface area contributed by atoms with Crippen molar-refractivity contribution in [3.8, 4) is 0 Å². The fraction of sp³-hybridized carbons (Fsp3) is 0.316. The molecule has 0 bridgehead atoms. The maximum absolute atomic E-state index is 12.0. The van der Waals surface area contributed by atoms with Gasteiger partial charge >= 0.3 is 0 Å². The Morgan fingerprint density at radius 2 is 1.61 bits per heavy atom. The molecule has 0 aliphatic carbocycles. The Kier molecular flexibility index (Phi) is 8.38. The second-order valence-electron chi connectivity index (χ2n) is 5.51. The first-order valence-corrected chi connectivity index (χ1v) is 7.84. The zero-order chi connectivity index (χ0) is 15.8. The van der Waals surface area contributed by atoms with E-state index in [-0.39, 0.29) is 18.3 Å². The Hall–Kier alpha value is -1.84. The lowest BCUT2D eigenvalue weighted by Gasteiger charge is -2.12. The molecule has 4 heteroatoms. The van der Waals surface area contributed by atoms with Gasteiger partial charge in [0, 0.05) is 6.54 Å². The number of amides is 1. The molecule has 3 nitrogen and oxygen atoms in total. The van der Waals surface area contributed by atoms with Crippen molar-refractivity contribution in [3.63, 3.8) is 0 Å². The van der Waals surface area contributed by atoms with E-state index in [1.165, 1.54) is 11.1 Å². The van der Waals surface area contributed by atoms with Gasteiger partial charge in [0.2, 0.25) is 5.91 Å². The lowest BCUT2D eigenvalue weighted by molar-refractivity contribution is -0.122. The molecule has 0 radical (unpaired) electrons. The van der Waals surface area contributed by atoms with Crippen LogP contribution in [0.1, 0.15) is 23.6 Å². The van der Waals surface area contributed by atoms with E-state index in [9.17, 15) is 4.79 Å². The average molecular weight is 333 g/mol. The van der Waals surface area contributed by atoms with Gasteiger partial charge in [0.05, 0.1) is 6.04 Å². The van der Waals surface area contributed by atoms with Crippen LogP contribution in [0.15, 0.2) is 54.6 Å². The van der Waals surface area contributed by atoms with Gasteiger partial charge in [-0.2, -0.15) is 0 Å². The highest BCUT2D eigenvalue weighted by Crippen LogP contribution is 2.05. The molecule has 2 aromatic carbocycles. The van der Waals surface area contributed by atoms with Gasteiger partial charge in [0.15, 0.2) is 0 Å². The molecule has 0 aliphatic heterocycles. The molecule has 0 saturated heterocycles. The van der Waals surface area contributed by atoms with Gasteiger partial charge in [-0.05, 0) is 36.0 Å². The van der Waals surface area contributed by atoms with Crippen molar-refractivity contribution in [2.24, 2.45) is 5.73 Å². The lowest BCUT2D eigenvalue weighted by atomic mass is 10.1. The minimum Gasteiger partial charge on any atom is -0.354 e. The van der Waals surface area contributed by atoms with Crippen molar-refractivity contribution in [2.75, 3.05) is 6.54 Å². The number of hydrogen-bond acceptors (Lipinski definition) is 2. The second-order valence-corrected chi connectivity index (χ2v) is 5.51. The zero-order valence-corrected chi connectivity index (χ0v) is 14.3. The summed E-state index contributed by atoms with van der Waals surface area (Å²) >= 11 is 0. The minimum atomic E-state index is -0.495. The van der Waals surface area contributed by atoms with E-state index in [2.05, 4.69) is 36.5 Å². The molecule has 1 amide bonds. The quantitative estimate of drug-likeness (QED) is 0.819. The lowest BCUT2D eigenvalue weighted by Crippen LogP contribution is -2.42. The predicted molar refractivity (Wildman–Crippen MR) is 97.9 cm³/mol. The van der Waals surface area contributed by atoms with E-state index in [1.807, 2.05) is 30.3 Å². The Bertz CT molecular complexity index is 584. The summed E-state index contributed by atoms with van der Waals surface area (Å²) in [7, 11) is 0. The highest BCUT2D eigenvalue weighted by atomic mass is 35.5. The van der Waals surface area contributed by atoms with Gasteiger partial charge in [-0.1, -0.05) is 61.5 Å². The normalized spacial score (nSPS) is 11.4. The van der Waals surface area contributed by atoms with Gasteiger partial charge < -0.3 is 11.1 Å². The third-order valence-corrected chi connectivity index (χ3v) is 3.78. The Labute approximate surface area is 144 Å². The monoisotopic (exact) mass is 332 g/mol. The van der Waals surface area contributed by atoms with Crippen LogP contribution in [-0.2, 0) is 24.1 Å². The zero-order valence-electron chi connectivity index (χ0n) is 13.5. The summed E-state index contributed by atoms with van der Waals surface area (Å²) in [4.78, 5) is 12.0. The molecule has 124 valence electrons. The molecular formula is C19H25ClN2O. The van der Waals surface area contributed by atoms with Gasteiger partial charge in [-0.25, -0.2) is 0 Å². The number of carbonyl (C=O) groups is 1. The van der Waals surface area contributed by atoms with E-state index < -0.39 is 6.04 Å². The highest BCUT2D eigenvalue weighted by molar-refractivity contribution is 5.85. The van der Waals surface area contributed by atoms with E-state index in [4.69, 9.17) is 5.73 Å². The van der Waals surface area contributed by atoms with E-state index in [0.29, 0.717) is 13.0 Å². The predicted octanol–water partition coefficient (Wildman–Crippen LogP) is 2.90. The van der Waals surface area contributed by atoms with E-state index >= 15 is 0 Å². The first-order chi connectivity index (χ1) is 10.7. The number of hydrogen-bond donors (Lipinski definition) is 2. The summed E-state index contributed by atoms with van der Waals surface area (Å²) in [6.45, 7) is 2.76. The SMILES string of the molecule is CCc1ccc(CCNC(=O)[C@@H](N)Cc2ccccc2)cc1.Cl. The topological polar surface area (TPSA) is 55.1 Å². The van der Waals surface area contributed by atoms with Crippen LogP contribution in [0, 0.1) is 0 Å². The van der Waals surface area contributed by atoms with Crippen LogP contribution in [-0.4, -0.2) is 18.5 Å². The van der Waals surface area contributed by atoms with Gasteiger partial charge in [-0.3, -0.25) is 4.79 Å². The van der Waals surface area contributed by atoms with Crippen molar-refractivity contribution in [2.45, 2.75) is 32.2 Å². The summed E-state index contributed by atoms with van der Waals surface area (Å²) in [5.41, 5.74) is 9.60. The molecule has 0 aromatic heterocycles. The maximum atomic E-state index is 12.0. The molecule has 2 aromatic rings. The fourth-order valence-electron chi connectivity index (χ4n) is 2.36. The molecule has 0 saturated carbocycles. The molecule has 1 atom stereocenters. The molecule has 3 N–H and O–H groups in total. The van der Waals surface area contributed by atoms with Gasteiger partial charge in [0.1, 0.15) is 0 Å². The van der Waals surface area contributed by atoms with Crippen LogP contribution in [0.2, 0.25) is 0 Å². The van der Waals surface area contributed by atoms with Gasteiger partial charge in [0.25, 0.3) is 0 Å². The Morgan fingerprint density at radius 3 is 2.22 bits per heavy atom. The van der Waals surface area contributed by atoms with Crippen molar-refractivity contribution in [1.29, 1.82) is 0 Å². The molecular weight excluding hydrogens is 308 g/mol. The maximum Gasteiger partial charge on any atom is 0.237 e. The van der Waals surface area contributed by atoms with Crippen molar-refractivity contribution in [3.05, 3.63) is 71.3 Å². The van der Waals surface area contributed by atoms with Crippen molar-refractivity contribution < 1.29 is 4.79 Å². The van der Waals surface area contributed by atoms with Gasteiger partial charge in [-0.15, -0.1) is 12.4 Å². The first-order valence-electron chi connectivity index (χ1n) is 7.84. The number of rotatable bonds is 7. The number of nitrogens with two attached hydrogens (primary N) is 1. The molecule has 0 unspecified atom stereocenters. The molecule has 2 rings (SSSR count). The number of carbonyl (C=O) groups excluding carboxylic acids is 1. The molecule has 23 heavy (non-hydrogen) atoms. The minimum absolute atomic E-state index is 0. The third kappa shape index (κ3) is 6.43. The Balaban J connectivity index is 0.00000264. The molecule has 0 heterocycles. The van der Waals surface area contributed by atoms with E-state index in [1.54, 1.807) is 0 Å². The second kappa shape index (κ2) is 10.0. The van der Waals surface area contributed by atoms with Crippen molar-refractivity contribution in [1.82, 2.24) is 5.32 Å². The summed E-state index contributed by atoms with van der Waals surface area (Å²) in [5, 5.41) is 2.92. The first kappa shape index (κ1) is 19.2. The number of halogens is 1. The van der Waals surface area contributed by atoms with E-state index in [0.717, 1.165) is 18.4 Å². The third-order valence-electron chi connectivity index (χ3n) is 3.78. The Morgan fingerprint density at radius 1 is 1.00 bits per heavy atom.